The van der Waals surface area contributed by atoms with Gasteiger partial charge in [0.25, 0.3) is 5.91 Å². The summed E-state index contributed by atoms with van der Waals surface area (Å²) in [5.74, 6) is 1.05. The number of fused-ring (bicyclic) bond motifs is 1. The van der Waals surface area contributed by atoms with E-state index in [0.717, 1.165) is 6.26 Å². The predicted molar refractivity (Wildman–Crippen MR) is 102 cm³/mol. The van der Waals surface area contributed by atoms with E-state index in [-0.39, 0.29) is 19.1 Å². The summed E-state index contributed by atoms with van der Waals surface area (Å²) in [4.78, 5) is 12.6. The van der Waals surface area contributed by atoms with Crippen molar-refractivity contribution in [3.8, 4) is 17.2 Å². The Morgan fingerprint density at radius 3 is 2.52 bits per heavy atom. The minimum absolute atomic E-state index is 0.221. The average molecular weight is 392 g/mol. The molecule has 0 spiro atoms. The van der Waals surface area contributed by atoms with Gasteiger partial charge in [-0.3, -0.25) is 9.10 Å². The number of rotatable bonds is 5. The lowest BCUT2D eigenvalue weighted by atomic mass is 10.1. The van der Waals surface area contributed by atoms with Crippen LogP contribution >= 0.6 is 0 Å². The Hall–Kier alpha value is -2.94. The number of carbonyl (C=O) groups excluding carboxylic acids is 1. The van der Waals surface area contributed by atoms with Gasteiger partial charge in [0.2, 0.25) is 10.0 Å². The van der Waals surface area contributed by atoms with Crippen LogP contribution in [0.2, 0.25) is 0 Å². The van der Waals surface area contributed by atoms with Gasteiger partial charge in [0, 0.05) is 11.3 Å². The van der Waals surface area contributed by atoms with Gasteiger partial charge in [-0.2, -0.15) is 0 Å². The molecule has 2 aromatic carbocycles. The van der Waals surface area contributed by atoms with Gasteiger partial charge in [0.1, 0.15) is 12.4 Å². The smallest absolute Gasteiger partial charge is 0.255 e. The van der Waals surface area contributed by atoms with Gasteiger partial charge in [0.15, 0.2) is 11.5 Å². The highest BCUT2D eigenvalue weighted by Crippen LogP contribution is 2.35. The van der Waals surface area contributed by atoms with E-state index in [2.05, 4.69) is 5.32 Å². The van der Waals surface area contributed by atoms with E-state index < -0.39 is 10.0 Å². The number of benzene rings is 2. The molecule has 1 aliphatic rings. The van der Waals surface area contributed by atoms with Crippen LogP contribution in [0.5, 0.6) is 17.2 Å². The van der Waals surface area contributed by atoms with E-state index in [1.54, 1.807) is 36.4 Å². The molecule has 0 aliphatic carbocycles. The summed E-state index contributed by atoms with van der Waals surface area (Å²) in [6.07, 6.45) is 1.14. The number of carbonyl (C=O) groups is 1. The maximum Gasteiger partial charge on any atom is 0.255 e. The van der Waals surface area contributed by atoms with Gasteiger partial charge in [-0.25, -0.2) is 8.42 Å². The van der Waals surface area contributed by atoms with Crippen LogP contribution in [0.4, 0.5) is 11.4 Å². The fraction of sp³-hybridized carbons (Fsp3) is 0.278. The maximum atomic E-state index is 12.6. The van der Waals surface area contributed by atoms with E-state index in [9.17, 15) is 13.2 Å². The first-order valence-electron chi connectivity index (χ1n) is 8.11. The van der Waals surface area contributed by atoms with Crippen LogP contribution < -0.4 is 23.8 Å². The van der Waals surface area contributed by atoms with Crippen molar-refractivity contribution in [3.05, 3.63) is 42.0 Å². The molecule has 3 rings (SSSR count). The highest BCUT2D eigenvalue weighted by atomic mass is 32.2. The third-order valence-corrected chi connectivity index (χ3v) is 5.26. The lowest BCUT2D eigenvalue weighted by Gasteiger charge is -2.29. The normalized spacial score (nSPS) is 13.4. The Morgan fingerprint density at radius 1 is 1.11 bits per heavy atom. The van der Waals surface area contributed by atoms with Crippen molar-refractivity contribution in [1.29, 1.82) is 0 Å². The Morgan fingerprint density at radius 2 is 1.85 bits per heavy atom. The molecule has 2 aromatic rings. The topological polar surface area (TPSA) is 94.2 Å². The molecule has 0 radical (unpaired) electrons. The first-order chi connectivity index (χ1) is 12.8. The molecule has 0 unspecified atom stereocenters. The minimum atomic E-state index is -3.44. The van der Waals surface area contributed by atoms with E-state index in [4.69, 9.17) is 14.2 Å². The molecule has 0 atom stereocenters. The average Bonchev–Trinajstić information content (AvgIpc) is 2.66. The summed E-state index contributed by atoms with van der Waals surface area (Å²) in [5.41, 5.74) is 1.23. The fourth-order valence-electron chi connectivity index (χ4n) is 2.80. The standard InChI is InChI=1S/C18H20N2O6S/c1-24-16-6-4-12(10-17(16)25-2)18(21)19-13-5-7-15-14(11-13)20(8-9-26-15)27(3,22)23/h4-7,10-11H,8-9H2,1-3H3,(H,19,21). The molecule has 27 heavy (non-hydrogen) atoms. The van der Waals surface area contributed by atoms with Crippen LogP contribution in [0, 0.1) is 0 Å². The van der Waals surface area contributed by atoms with Gasteiger partial charge in [-0.1, -0.05) is 0 Å². The largest absolute Gasteiger partial charge is 0.493 e. The van der Waals surface area contributed by atoms with Gasteiger partial charge >= 0.3 is 0 Å². The number of sulfonamides is 1. The first kappa shape index (κ1) is 18.8. The highest BCUT2D eigenvalue weighted by molar-refractivity contribution is 7.92. The Balaban J connectivity index is 1.87. The summed E-state index contributed by atoms with van der Waals surface area (Å²) in [6.45, 7) is 0.496. The van der Waals surface area contributed by atoms with Gasteiger partial charge in [-0.15, -0.1) is 0 Å². The van der Waals surface area contributed by atoms with Crippen LogP contribution in [0.25, 0.3) is 0 Å². The minimum Gasteiger partial charge on any atom is -0.493 e. The summed E-state index contributed by atoms with van der Waals surface area (Å²) in [5, 5.41) is 2.76. The summed E-state index contributed by atoms with van der Waals surface area (Å²) in [7, 11) is -0.440. The third-order valence-electron chi connectivity index (χ3n) is 4.08. The number of anilines is 2. The molecule has 0 fully saturated rings. The number of ether oxygens (including phenoxy) is 3. The number of hydrogen-bond donors (Lipinski definition) is 1. The summed E-state index contributed by atoms with van der Waals surface area (Å²) in [6, 6.07) is 9.69. The van der Waals surface area contributed by atoms with E-state index in [1.165, 1.54) is 18.5 Å². The van der Waals surface area contributed by atoms with E-state index in [1.807, 2.05) is 0 Å². The maximum absolute atomic E-state index is 12.6. The van der Waals surface area contributed by atoms with Crippen molar-refractivity contribution in [2.45, 2.75) is 0 Å². The molecule has 0 saturated carbocycles. The predicted octanol–water partition coefficient (Wildman–Crippen LogP) is 2.11. The number of hydrogen-bond acceptors (Lipinski definition) is 6. The highest BCUT2D eigenvalue weighted by Gasteiger charge is 2.25. The molecule has 1 heterocycles. The second-order valence-electron chi connectivity index (χ2n) is 5.89. The Labute approximate surface area is 157 Å². The SMILES string of the molecule is COc1ccc(C(=O)Nc2ccc3c(c2)N(S(C)(=O)=O)CCO3)cc1OC. The lowest BCUT2D eigenvalue weighted by Crippen LogP contribution is -2.37. The monoisotopic (exact) mass is 392 g/mol. The molecule has 0 aromatic heterocycles. The van der Waals surface area contributed by atoms with Crippen molar-refractivity contribution in [2.75, 3.05) is 43.2 Å². The molecular weight excluding hydrogens is 372 g/mol. The first-order valence-corrected chi connectivity index (χ1v) is 9.96. The quantitative estimate of drug-likeness (QED) is 0.838. The Bertz CT molecular complexity index is 974. The molecule has 1 amide bonds. The third kappa shape index (κ3) is 3.92. The number of methoxy groups -OCH3 is 2. The van der Waals surface area contributed by atoms with Crippen LogP contribution in [0.3, 0.4) is 0 Å². The number of nitrogens with one attached hydrogen (secondary N) is 1. The molecule has 144 valence electrons. The fourth-order valence-corrected chi connectivity index (χ4v) is 3.70. The van der Waals surface area contributed by atoms with E-state index >= 15 is 0 Å². The summed E-state index contributed by atoms with van der Waals surface area (Å²) >= 11 is 0. The zero-order valence-corrected chi connectivity index (χ0v) is 16.0. The van der Waals surface area contributed by atoms with Crippen molar-refractivity contribution < 1.29 is 27.4 Å². The van der Waals surface area contributed by atoms with Gasteiger partial charge in [-0.05, 0) is 36.4 Å². The Kier molecular flexibility index (Phi) is 5.13. The molecule has 1 N–H and O–H groups in total. The molecule has 0 bridgehead atoms. The molecule has 9 heteroatoms. The molecule has 8 nitrogen and oxygen atoms in total. The van der Waals surface area contributed by atoms with Crippen LogP contribution in [-0.4, -0.2) is 48.0 Å². The van der Waals surface area contributed by atoms with Crippen LogP contribution in [0.15, 0.2) is 36.4 Å². The van der Waals surface area contributed by atoms with Crippen LogP contribution in [-0.2, 0) is 10.0 Å². The molecule has 1 aliphatic heterocycles. The second kappa shape index (κ2) is 7.36. The zero-order valence-electron chi connectivity index (χ0n) is 15.2. The van der Waals surface area contributed by atoms with Crippen molar-refractivity contribution in [1.82, 2.24) is 0 Å². The number of amides is 1. The van der Waals surface area contributed by atoms with Gasteiger partial charge in [0.05, 0.1) is 32.7 Å². The van der Waals surface area contributed by atoms with Crippen molar-refractivity contribution in [3.63, 3.8) is 0 Å². The summed E-state index contributed by atoms with van der Waals surface area (Å²) < 4.78 is 41.1. The van der Waals surface area contributed by atoms with E-state index in [0.29, 0.717) is 34.2 Å². The lowest BCUT2D eigenvalue weighted by molar-refractivity contribution is 0.102. The zero-order chi connectivity index (χ0) is 19.6. The van der Waals surface area contributed by atoms with Crippen LogP contribution in [0.1, 0.15) is 10.4 Å². The number of nitrogens with zero attached hydrogens (tertiary/aromatic N) is 1. The molecular formula is C18H20N2O6S. The van der Waals surface area contributed by atoms with Gasteiger partial charge < -0.3 is 19.5 Å². The van der Waals surface area contributed by atoms with Crippen molar-refractivity contribution >= 4 is 27.3 Å². The van der Waals surface area contributed by atoms with Crippen molar-refractivity contribution in [2.24, 2.45) is 0 Å². The molecule has 0 saturated heterocycles. The second-order valence-corrected chi connectivity index (χ2v) is 7.80.